The third-order valence-electron chi connectivity index (χ3n) is 11.0. The second kappa shape index (κ2) is 10.5. The molecule has 0 atom stereocenters. The first kappa shape index (κ1) is 28.1. The van der Waals surface area contributed by atoms with E-state index in [2.05, 4.69) is 168 Å². The molecule has 12 aromatic rings. The van der Waals surface area contributed by atoms with Gasteiger partial charge in [0.15, 0.2) is 0 Å². The minimum Gasteiger partial charge on any atom is -0.276 e. The fourth-order valence-corrected chi connectivity index (χ4v) is 10.1. The monoisotopic (exact) mass is 677 g/mol. The molecule has 0 aliphatic heterocycles. The fraction of sp³-hybridized carbons (Fsp3) is 0. The van der Waals surface area contributed by atoms with Crippen LogP contribution in [0.15, 0.2) is 164 Å². The van der Waals surface area contributed by atoms with Crippen LogP contribution in [-0.4, -0.2) is 14.5 Å². The zero-order valence-corrected chi connectivity index (χ0v) is 28.7. The Bertz CT molecular complexity index is 3470. The number of thiophene rings is 1. The van der Waals surface area contributed by atoms with Gasteiger partial charge in [-0.25, -0.2) is 9.97 Å². The van der Waals surface area contributed by atoms with Crippen molar-refractivity contribution < 1.29 is 0 Å². The largest absolute Gasteiger partial charge is 0.276 e. The van der Waals surface area contributed by atoms with Gasteiger partial charge in [-0.15, -0.1) is 11.3 Å². The molecular weight excluding hydrogens is 651 g/mol. The first-order valence-electron chi connectivity index (χ1n) is 17.7. The first-order chi connectivity index (χ1) is 25.8. The number of hydrogen-bond acceptors (Lipinski definition) is 3. The Morgan fingerprint density at radius 2 is 0.962 bits per heavy atom. The third kappa shape index (κ3) is 3.69. The maximum Gasteiger partial charge on any atom is 0.235 e. The molecule has 4 heteroatoms. The minimum atomic E-state index is 0.677. The van der Waals surface area contributed by atoms with Crippen LogP contribution in [0.5, 0.6) is 0 Å². The molecule has 0 N–H and O–H groups in total. The smallest absolute Gasteiger partial charge is 0.235 e. The zero-order chi connectivity index (χ0) is 33.9. The third-order valence-corrected chi connectivity index (χ3v) is 12.1. The van der Waals surface area contributed by atoms with E-state index in [0.717, 1.165) is 44.0 Å². The fourth-order valence-electron chi connectivity index (χ4n) is 8.82. The number of aromatic nitrogens is 3. The van der Waals surface area contributed by atoms with E-state index in [4.69, 9.17) is 9.97 Å². The van der Waals surface area contributed by atoms with Crippen LogP contribution in [0.4, 0.5) is 0 Å². The quantitative estimate of drug-likeness (QED) is 0.171. The lowest BCUT2D eigenvalue weighted by Crippen LogP contribution is -2.04. The molecule has 3 heterocycles. The molecule has 0 aliphatic carbocycles. The zero-order valence-electron chi connectivity index (χ0n) is 27.8. The summed E-state index contributed by atoms with van der Waals surface area (Å²) in [5.74, 6) is 0.677. The average Bonchev–Trinajstić information content (AvgIpc) is 3.78. The maximum absolute atomic E-state index is 5.72. The lowest BCUT2D eigenvalue weighted by Gasteiger charge is -2.17. The van der Waals surface area contributed by atoms with E-state index < -0.39 is 0 Å². The van der Waals surface area contributed by atoms with Gasteiger partial charge in [0.25, 0.3) is 0 Å². The van der Waals surface area contributed by atoms with Gasteiger partial charge in [-0.3, -0.25) is 4.57 Å². The highest BCUT2D eigenvalue weighted by Crippen LogP contribution is 2.48. The van der Waals surface area contributed by atoms with Crippen molar-refractivity contribution in [1.29, 1.82) is 0 Å². The summed E-state index contributed by atoms with van der Waals surface area (Å²) in [5.41, 5.74) is 5.26. The van der Waals surface area contributed by atoms with E-state index in [1.54, 1.807) is 0 Å². The molecule has 3 aromatic heterocycles. The second-order valence-electron chi connectivity index (χ2n) is 13.6. The highest BCUT2D eigenvalue weighted by molar-refractivity contribution is 7.27. The van der Waals surface area contributed by atoms with Crippen LogP contribution >= 0.6 is 11.3 Å². The molecule has 0 saturated carbocycles. The van der Waals surface area contributed by atoms with E-state index in [-0.39, 0.29) is 0 Å². The Kier molecular flexibility index (Phi) is 5.65. The van der Waals surface area contributed by atoms with Gasteiger partial charge in [0.1, 0.15) is 0 Å². The van der Waals surface area contributed by atoms with Crippen molar-refractivity contribution in [3.8, 4) is 17.2 Å². The van der Waals surface area contributed by atoms with Crippen molar-refractivity contribution in [1.82, 2.24) is 14.5 Å². The molecule has 0 unspecified atom stereocenters. The van der Waals surface area contributed by atoms with Gasteiger partial charge >= 0.3 is 0 Å². The Balaban J connectivity index is 1.35. The molecule has 0 aliphatic rings. The Labute approximate surface area is 301 Å². The van der Waals surface area contributed by atoms with Gasteiger partial charge in [0.2, 0.25) is 5.95 Å². The van der Waals surface area contributed by atoms with Crippen LogP contribution in [0.3, 0.4) is 0 Å². The predicted octanol–water partition coefficient (Wildman–Crippen LogP) is 13.4. The molecule has 12 rings (SSSR count). The van der Waals surface area contributed by atoms with E-state index in [9.17, 15) is 0 Å². The molecule has 0 spiro atoms. The topological polar surface area (TPSA) is 30.7 Å². The van der Waals surface area contributed by atoms with Gasteiger partial charge in [0.05, 0.1) is 26.9 Å². The van der Waals surface area contributed by atoms with Crippen LogP contribution in [0.25, 0.3) is 113 Å². The number of hydrogen-bond donors (Lipinski definition) is 0. The van der Waals surface area contributed by atoms with Crippen molar-refractivity contribution in [2.24, 2.45) is 0 Å². The van der Waals surface area contributed by atoms with Gasteiger partial charge in [-0.1, -0.05) is 152 Å². The number of fused-ring (bicyclic) bond motifs is 17. The van der Waals surface area contributed by atoms with E-state index in [0.29, 0.717) is 5.95 Å². The first-order valence-corrected chi connectivity index (χ1v) is 18.5. The standard InChI is InChI=1S/C48H27N3S/c1-2-16-29-28(14-1)15-13-25-35(29)44-43-32-19-5-3-17-30(32)31-18-4-8-22-36(31)45(43)50-48(49-44)51-39-26-11-9-23-37(39)41-33-20-6-7-21-34(33)42-38-24-10-12-27-40(38)52-47(42)46(41)51/h1-27H. The number of benzene rings is 9. The van der Waals surface area contributed by atoms with E-state index in [1.807, 2.05) is 11.3 Å². The summed E-state index contributed by atoms with van der Waals surface area (Å²) in [4.78, 5) is 11.4. The number of para-hydroxylation sites is 1. The van der Waals surface area contributed by atoms with Crippen molar-refractivity contribution in [2.45, 2.75) is 0 Å². The normalized spacial score (nSPS) is 12.2. The SMILES string of the molecule is c1ccc2c(-c3nc(-n4c5ccccc5c5c6ccccc6c6c7ccccc7sc6c54)nc4c5ccccc5c5ccccc5c34)cccc2c1. The van der Waals surface area contributed by atoms with Crippen molar-refractivity contribution >= 4 is 107 Å². The Morgan fingerprint density at radius 3 is 1.75 bits per heavy atom. The number of nitrogens with zero attached hydrogens (tertiary/aromatic N) is 3. The number of rotatable bonds is 2. The lowest BCUT2D eigenvalue weighted by molar-refractivity contribution is 1.02. The molecule has 9 aromatic carbocycles. The summed E-state index contributed by atoms with van der Waals surface area (Å²) < 4.78 is 4.89. The molecule has 0 amide bonds. The maximum atomic E-state index is 5.72. The van der Waals surface area contributed by atoms with Gasteiger partial charge in [-0.2, -0.15) is 0 Å². The molecule has 0 bridgehead atoms. The van der Waals surface area contributed by atoms with Gasteiger partial charge in [0, 0.05) is 42.6 Å². The summed E-state index contributed by atoms with van der Waals surface area (Å²) in [6.45, 7) is 0. The van der Waals surface area contributed by atoms with Crippen molar-refractivity contribution in [3.63, 3.8) is 0 Å². The van der Waals surface area contributed by atoms with Crippen LogP contribution in [0.2, 0.25) is 0 Å². The summed E-state index contributed by atoms with van der Waals surface area (Å²) in [7, 11) is 0. The highest BCUT2D eigenvalue weighted by Gasteiger charge is 2.25. The van der Waals surface area contributed by atoms with Crippen LogP contribution in [0.1, 0.15) is 0 Å². The summed E-state index contributed by atoms with van der Waals surface area (Å²) in [5, 5.41) is 15.7. The Morgan fingerprint density at radius 1 is 0.404 bits per heavy atom. The van der Waals surface area contributed by atoms with E-state index in [1.165, 1.54) is 63.3 Å². The molecule has 3 nitrogen and oxygen atoms in total. The molecule has 0 fully saturated rings. The molecule has 240 valence electrons. The summed E-state index contributed by atoms with van der Waals surface area (Å²) >= 11 is 1.86. The van der Waals surface area contributed by atoms with Gasteiger partial charge in [-0.05, 0) is 49.8 Å². The van der Waals surface area contributed by atoms with Crippen LogP contribution < -0.4 is 0 Å². The van der Waals surface area contributed by atoms with Gasteiger partial charge < -0.3 is 0 Å². The van der Waals surface area contributed by atoms with Crippen LogP contribution in [0, 0.1) is 0 Å². The lowest BCUT2D eigenvalue weighted by atomic mass is 9.93. The molecule has 0 saturated heterocycles. The average molecular weight is 678 g/mol. The summed E-state index contributed by atoms with van der Waals surface area (Å²) in [6.07, 6.45) is 0. The summed E-state index contributed by atoms with van der Waals surface area (Å²) in [6, 6.07) is 59.1. The molecule has 52 heavy (non-hydrogen) atoms. The van der Waals surface area contributed by atoms with E-state index >= 15 is 0 Å². The van der Waals surface area contributed by atoms with Crippen molar-refractivity contribution in [3.05, 3.63) is 164 Å². The predicted molar refractivity (Wildman–Crippen MR) is 222 cm³/mol. The molecule has 0 radical (unpaired) electrons. The highest BCUT2D eigenvalue weighted by atomic mass is 32.1. The molecular formula is C48H27N3S. The van der Waals surface area contributed by atoms with Crippen LogP contribution in [-0.2, 0) is 0 Å². The minimum absolute atomic E-state index is 0.677. The Hall–Kier alpha value is -6.62. The van der Waals surface area contributed by atoms with Crippen molar-refractivity contribution in [2.75, 3.05) is 0 Å². The second-order valence-corrected chi connectivity index (χ2v) is 14.7.